The molecule has 0 spiro atoms. The van der Waals surface area contributed by atoms with E-state index >= 15 is 0 Å². The number of hydrogen-bond donors (Lipinski definition) is 1. The number of nitrogens with zero attached hydrogens (tertiary/aromatic N) is 3. The van der Waals surface area contributed by atoms with Gasteiger partial charge in [0.05, 0.1) is 18.2 Å². The zero-order valence-corrected chi connectivity index (χ0v) is 23.9. The Morgan fingerprint density at radius 1 is 1.07 bits per heavy atom. The van der Waals surface area contributed by atoms with Gasteiger partial charge >= 0.3 is 5.91 Å². The molecule has 0 unspecified atom stereocenters. The summed E-state index contributed by atoms with van der Waals surface area (Å²) in [5, 5.41) is 20.2. The number of carbonyl (C=O) groups is 2. The van der Waals surface area contributed by atoms with Crippen LogP contribution in [0.4, 0.5) is 9.52 Å². The fraction of sp³-hybridized carbons (Fsp3) is 0.200. The van der Waals surface area contributed by atoms with E-state index in [2.05, 4.69) is 10.2 Å². The van der Waals surface area contributed by atoms with Crippen molar-refractivity contribution in [3.05, 3.63) is 94.8 Å². The number of anilines is 1. The second-order valence-corrected chi connectivity index (χ2v) is 11.5. The molecule has 6 rings (SSSR count). The van der Waals surface area contributed by atoms with E-state index in [4.69, 9.17) is 14.2 Å². The second-order valence-electron chi connectivity index (χ2n) is 9.30. The van der Waals surface area contributed by atoms with Crippen LogP contribution in [0.3, 0.4) is 0 Å². The van der Waals surface area contributed by atoms with Crippen LogP contribution in [0.5, 0.6) is 17.2 Å². The number of thioether (sulfide) groups is 1. The van der Waals surface area contributed by atoms with Gasteiger partial charge in [-0.25, -0.2) is 4.39 Å². The van der Waals surface area contributed by atoms with Crippen molar-refractivity contribution >= 4 is 45.7 Å². The molecule has 0 saturated carbocycles. The Kier molecular flexibility index (Phi) is 7.81. The van der Waals surface area contributed by atoms with E-state index in [9.17, 15) is 19.1 Å². The highest BCUT2D eigenvalue weighted by molar-refractivity contribution is 8.00. The zero-order chi connectivity index (χ0) is 29.2. The largest absolute Gasteiger partial charge is 0.507 e. The summed E-state index contributed by atoms with van der Waals surface area (Å²) in [6, 6.07) is 17.0. The Balaban J connectivity index is 1.39. The number of rotatable bonds is 8. The minimum Gasteiger partial charge on any atom is -0.507 e. The molecule has 0 radical (unpaired) electrons. The molecule has 0 bridgehead atoms. The van der Waals surface area contributed by atoms with Crippen molar-refractivity contribution in [1.82, 2.24) is 10.2 Å². The number of aromatic nitrogens is 2. The summed E-state index contributed by atoms with van der Waals surface area (Å²) in [6.45, 7) is 3.04. The first-order valence-corrected chi connectivity index (χ1v) is 14.9. The van der Waals surface area contributed by atoms with Crippen molar-refractivity contribution in [2.24, 2.45) is 0 Å². The standard InChI is InChI=1S/C30H24FN3O6S2/c1-2-38-21-5-3-4-18(14-21)25-24(26(35)19-8-11-22-23(15-19)40-13-12-39-22)27(36)28(37)34(25)29-32-33-30(42-29)41-16-17-6-9-20(31)10-7-17/h3-11,14-15,25,35H,2,12-13,16H2,1H3/t25-/m0/s1. The molecule has 1 fully saturated rings. The topological polar surface area (TPSA) is 111 Å². The molecule has 3 heterocycles. The van der Waals surface area contributed by atoms with Gasteiger partial charge in [-0.3, -0.25) is 14.5 Å². The molecule has 12 heteroatoms. The molecule has 1 amide bonds. The van der Waals surface area contributed by atoms with Crippen LogP contribution in [0.25, 0.3) is 5.76 Å². The van der Waals surface area contributed by atoms with Crippen molar-refractivity contribution < 1.29 is 33.3 Å². The number of ketones is 1. The van der Waals surface area contributed by atoms with Crippen molar-refractivity contribution in [2.75, 3.05) is 24.7 Å². The fourth-order valence-electron chi connectivity index (χ4n) is 4.72. The van der Waals surface area contributed by atoms with Crippen molar-refractivity contribution in [2.45, 2.75) is 23.1 Å². The SMILES string of the molecule is CCOc1cccc([C@H]2C(=C(O)c3ccc4c(c3)OCCO4)C(=O)C(=O)N2c2nnc(SCc3ccc(F)cc3)s2)c1. The fourth-order valence-corrected chi connectivity index (χ4v) is 6.54. The van der Waals surface area contributed by atoms with Crippen LogP contribution in [0, 0.1) is 5.82 Å². The van der Waals surface area contributed by atoms with E-state index < -0.39 is 17.7 Å². The number of benzene rings is 3. The van der Waals surface area contributed by atoms with Gasteiger partial charge < -0.3 is 19.3 Å². The summed E-state index contributed by atoms with van der Waals surface area (Å²) in [4.78, 5) is 28.4. The zero-order valence-electron chi connectivity index (χ0n) is 22.3. The third-order valence-corrected chi connectivity index (χ3v) is 8.75. The van der Waals surface area contributed by atoms with E-state index in [0.29, 0.717) is 58.3 Å². The molecule has 2 aliphatic heterocycles. The molecule has 0 aliphatic carbocycles. The maximum Gasteiger partial charge on any atom is 0.301 e. The number of ether oxygens (including phenoxy) is 3. The van der Waals surface area contributed by atoms with Crippen LogP contribution in [0.2, 0.25) is 0 Å². The van der Waals surface area contributed by atoms with Gasteiger partial charge in [-0.2, -0.15) is 0 Å². The van der Waals surface area contributed by atoms with Crippen LogP contribution in [0.1, 0.15) is 29.7 Å². The Bertz CT molecular complexity index is 1690. The molecular weight excluding hydrogens is 581 g/mol. The maximum atomic E-state index is 13.6. The predicted octanol–water partition coefficient (Wildman–Crippen LogP) is 5.77. The summed E-state index contributed by atoms with van der Waals surface area (Å²) in [7, 11) is 0. The van der Waals surface area contributed by atoms with Crippen molar-refractivity contribution in [3.63, 3.8) is 0 Å². The van der Waals surface area contributed by atoms with Crippen LogP contribution in [-0.2, 0) is 15.3 Å². The molecule has 42 heavy (non-hydrogen) atoms. The van der Waals surface area contributed by atoms with E-state index in [-0.39, 0.29) is 22.3 Å². The quantitative estimate of drug-likeness (QED) is 0.0880. The van der Waals surface area contributed by atoms with Crippen molar-refractivity contribution in [3.8, 4) is 17.2 Å². The maximum absolute atomic E-state index is 13.6. The highest BCUT2D eigenvalue weighted by atomic mass is 32.2. The van der Waals surface area contributed by atoms with Gasteiger partial charge in [0.15, 0.2) is 15.8 Å². The lowest BCUT2D eigenvalue weighted by Gasteiger charge is -2.23. The number of halogens is 1. The average Bonchev–Trinajstić information content (AvgIpc) is 3.58. The Morgan fingerprint density at radius 3 is 2.64 bits per heavy atom. The highest BCUT2D eigenvalue weighted by Crippen LogP contribution is 2.45. The number of aliphatic hydroxyl groups excluding tert-OH is 1. The number of hydrogen-bond acceptors (Lipinski definition) is 10. The molecule has 1 N–H and O–H groups in total. The first kappa shape index (κ1) is 27.7. The van der Waals surface area contributed by atoms with Crippen LogP contribution >= 0.6 is 23.1 Å². The molecule has 9 nitrogen and oxygen atoms in total. The number of fused-ring (bicyclic) bond motifs is 1. The van der Waals surface area contributed by atoms with E-state index in [1.165, 1.54) is 28.8 Å². The molecule has 1 saturated heterocycles. The summed E-state index contributed by atoms with van der Waals surface area (Å²) in [6.07, 6.45) is 0. The Morgan fingerprint density at radius 2 is 1.86 bits per heavy atom. The second kappa shape index (κ2) is 11.8. The molecule has 2 aliphatic rings. The molecule has 4 aromatic rings. The van der Waals surface area contributed by atoms with Crippen LogP contribution in [-0.4, -0.2) is 46.8 Å². The average molecular weight is 606 g/mol. The van der Waals surface area contributed by atoms with Gasteiger partial charge in [0, 0.05) is 11.3 Å². The Labute approximate surface area is 248 Å². The highest BCUT2D eigenvalue weighted by Gasteiger charge is 2.48. The summed E-state index contributed by atoms with van der Waals surface area (Å²) in [5.41, 5.74) is 1.65. The van der Waals surface area contributed by atoms with E-state index in [0.717, 1.165) is 16.9 Å². The van der Waals surface area contributed by atoms with Gasteiger partial charge in [-0.1, -0.05) is 47.4 Å². The van der Waals surface area contributed by atoms with Gasteiger partial charge in [0.2, 0.25) is 5.13 Å². The number of Topliss-reactive ketones (excluding diaryl/α,β-unsaturated/α-hetero) is 1. The van der Waals surface area contributed by atoms with Gasteiger partial charge in [-0.15, -0.1) is 10.2 Å². The lowest BCUT2D eigenvalue weighted by molar-refractivity contribution is -0.132. The Hall–Kier alpha value is -4.42. The lowest BCUT2D eigenvalue weighted by Crippen LogP contribution is -2.29. The lowest BCUT2D eigenvalue weighted by atomic mass is 9.95. The summed E-state index contributed by atoms with van der Waals surface area (Å²) in [5.74, 6) is -0.348. The minimum atomic E-state index is -0.999. The van der Waals surface area contributed by atoms with E-state index in [1.807, 2.05) is 6.92 Å². The molecule has 1 aromatic heterocycles. The van der Waals surface area contributed by atoms with Gasteiger partial charge in [0.1, 0.15) is 30.5 Å². The third-order valence-electron chi connectivity index (χ3n) is 6.62. The summed E-state index contributed by atoms with van der Waals surface area (Å²) >= 11 is 2.52. The predicted molar refractivity (Wildman–Crippen MR) is 156 cm³/mol. The first-order chi connectivity index (χ1) is 20.4. The number of amides is 1. The normalized spacial score (nSPS) is 17.5. The minimum absolute atomic E-state index is 0.0963. The third kappa shape index (κ3) is 5.42. The molecule has 3 aromatic carbocycles. The summed E-state index contributed by atoms with van der Waals surface area (Å²) < 4.78 is 30.8. The van der Waals surface area contributed by atoms with Gasteiger partial charge in [-0.05, 0) is 60.5 Å². The number of carbonyl (C=O) groups excluding carboxylic acids is 2. The smallest absolute Gasteiger partial charge is 0.301 e. The molecular formula is C30H24FN3O6S2. The molecule has 214 valence electrons. The van der Waals surface area contributed by atoms with Crippen LogP contribution < -0.4 is 19.1 Å². The first-order valence-electron chi connectivity index (χ1n) is 13.1. The molecule has 1 atom stereocenters. The monoisotopic (exact) mass is 605 g/mol. The van der Waals surface area contributed by atoms with E-state index in [1.54, 1.807) is 54.6 Å². The number of aliphatic hydroxyl groups is 1. The van der Waals surface area contributed by atoms with Gasteiger partial charge in [0.25, 0.3) is 5.78 Å². The van der Waals surface area contributed by atoms with Crippen LogP contribution in [0.15, 0.2) is 76.6 Å². The van der Waals surface area contributed by atoms with Crippen molar-refractivity contribution in [1.29, 1.82) is 0 Å².